The Bertz CT molecular complexity index is 251. The molecule has 0 saturated carbocycles. The van der Waals surface area contributed by atoms with Crippen LogP contribution in [0, 0.1) is 0 Å². The van der Waals surface area contributed by atoms with Crippen LogP contribution in [-0.2, 0) is 74.2 Å². The molecule has 0 aromatic heterocycles. The van der Waals surface area contributed by atoms with Crippen molar-refractivity contribution in [1.29, 1.82) is 0 Å². The fraction of sp³-hybridized carbons (Fsp3) is 0. The third kappa shape index (κ3) is 17.3. The van der Waals surface area contributed by atoms with Crippen LogP contribution in [0.5, 0.6) is 0 Å². The van der Waals surface area contributed by atoms with Gasteiger partial charge < -0.3 is 9.11 Å². The topological polar surface area (TPSA) is 133 Å². The first-order chi connectivity index (χ1) is 4.21. The summed E-state index contributed by atoms with van der Waals surface area (Å²) in [6.45, 7) is 0. The molecular formula is Ag2O8S2. The van der Waals surface area contributed by atoms with Crippen molar-refractivity contribution < 1.29 is 79.4 Å². The van der Waals surface area contributed by atoms with Gasteiger partial charge in [0.1, 0.15) is 0 Å². The van der Waals surface area contributed by atoms with Crippen LogP contribution < -0.4 is 0 Å². The Labute approximate surface area is 99.5 Å². The van der Waals surface area contributed by atoms with Crippen LogP contribution in [0.15, 0.2) is 0 Å². The van der Waals surface area contributed by atoms with Crippen molar-refractivity contribution in [3.05, 3.63) is 0 Å². The average molecular weight is 408 g/mol. The van der Waals surface area contributed by atoms with E-state index in [2.05, 4.69) is 8.67 Å². The maximum Gasteiger partial charge on any atom is 1.00 e. The maximum absolute atomic E-state index is 9.37. The van der Waals surface area contributed by atoms with Crippen molar-refractivity contribution >= 4 is 20.8 Å². The minimum atomic E-state index is -5.31. The standard InChI is InChI=1S/2Ag.H2O8S2/c;;1-9(2,3)7-8-10(4,5)6/h;;(H,1,2,3)(H,4,5,6)/q2*+1;/p-2. The molecule has 0 saturated heterocycles. The summed E-state index contributed by atoms with van der Waals surface area (Å²) in [6.07, 6.45) is 0. The van der Waals surface area contributed by atoms with Crippen molar-refractivity contribution in [2.75, 3.05) is 0 Å². The number of hydrogen-bond donors (Lipinski definition) is 0. The Balaban J connectivity index is -0.000000405. The van der Waals surface area contributed by atoms with Gasteiger partial charge in [-0.25, -0.2) is 16.8 Å². The molecule has 0 unspecified atom stereocenters. The third-order valence-electron chi connectivity index (χ3n) is 0.194. The zero-order valence-corrected chi connectivity index (χ0v) is 9.28. The van der Waals surface area contributed by atoms with E-state index in [-0.39, 0.29) is 44.8 Å². The SMILES string of the molecule is O=S(=O)([O-])OOS(=O)(=O)[O-].[Ag+].[Ag+]. The van der Waals surface area contributed by atoms with E-state index in [9.17, 15) is 25.9 Å². The molecular weight excluding hydrogens is 408 g/mol. The van der Waals surface area contributed by atoms with Gasteiger partial charge in [0.15, 0.2) is 0 Å². The van der Waals surface area contributed by atoms with Crippen LogP contribution in [0.25, 0.3) is 0 Å². The molecule has 0 aromatic carbocycles. The third-order valence-corrected chi connectivity index (χ3v) is 0.750. The fourth-order valence-electron chi connectivity index (χ4n) is 0.0680. The van der Waals surface area contributed by atoms with E-state index in [4.69, 9.17) is 0 Å². The molecule has 82 valence electrons. The molecule has 0 atom stereocenters. The predicted octanol–water partition coefficient (Wildman–Crippen LogP) is -2.15. The van der Waals surface area contributed by atoms with Gasteiger partial charge >= 0.3 is 44.8 Å². The smallest absolute Gasteiger partial charge is 0.724 e. The molecule has 0 amide bonds. The molecule has 0 rings (SSSR count). The maximum atomic E-state index is 9.37. The molecule has 0 heterocycles. The van der Waals surface area contributed by atoms with E-state index >= 15 is 0 Å². The summed E-state index contributed by atoms with van der Waals surface area (Å²) < 4.78 is 61.5. The van der Waals surface area contributed by atoms with Gasteiger partial charge in [-0.3, -0.25) is 0 Å². The van der Waals surface area contributed by atoms with E-state index in [0.717, 1.165) is 0 Å². The molecule has 0 spiro atoms. The first-order valence-corrected chi connectivity index (χ1v) is 4.17. The average Bonchev–Trinajstić information content (AvgIpc) is 1.57. The molecule has 12 heavy (non-hydrogen) atoms. The Morgan fingerprint density at radius 3 is 1.00 bits per heavy atom. The molecule has 0 bridgehead atoms. The van der Waals surface area contributed by atoms with Crippen molar-refractivity contribution in [3.63, 3.8) is 0 Å². The quantitative estimate of drug-likeness (QED) is 0.170. The molecule has 0 aromatic rings. The number of rotatable bonds is 3. The van der Waals surface area contributed by atoms with Crippen molar-refractivity contribution in [2.24, 2.45) is 0 Å². The summed E-state index contributed by atoms with van der Waals surface area (Å²) in [7, 11) is -10.6. The summed E-state index contributed by atoms with van der Waals surface area (Å²) in [4.78, 5) is 0. The van der Waals surface area contributed by atoms with Crippen LogP contribution in [0.2, 0.25) is 0 Å². The van der Waals surface area contributed by atoms with E-state index < -0.39 is 20.8 Å². The van der Waals surface area contributed by atoms with E-state index in [0.29, 0.717) is 0 Å². The Kier molecular flexibility index (Phi) is 10.5. The van der Waals surface area contributed by atoms with Gasteiger partial charge in [-0.05, 0) is 0 Å². The predicted molar refractivity (Wildman–Crippen MR) is 21.6 cm³/mol. The van der Waals surface area contributed by atoms with Crippen molar-refractivity contribution in [1.82, 2.24) is 0 Å². The number of hydrogen-bond acceptors (Lipinski definition) is 8. The Hall–Kier alpha value is 1.22. The van der Waals surface area contributed by atoms with Gasteiger partial charge in [0.05, 0.1) is 0 Å². The second-order valence-corrected chi connectivity index (χ2v) is 2.86. The normalized spacial score (nSPS) is 11.2. The Morgan fingerprint density at radius 1 is 0.750 bits per heavy atom. The van der Waals surface area contributed by atoms with Gasteiger partial charge in [0.2, 0.25) is 20.8 Å². The van der Waals surface area contributed by atoms with Gasteiger partial charge in [-0.1, -0.05) is 0 Å². The first kappa shape index (κ1) is 18.9. The van der Waals surface area contributed by atoms with E-state index in [1.54, 1.807) is 0 Å². The van der Waals surface area contributed by atoms with Crippen LogP contribution in [0.4, 0.5) is 0 Å². The summed E-state index contributed by atoms with van der Waals surface area (Å²) in [5.74, 6) is 0. The zero-order valence-electron chi connectivity index (χ0n) is 4.69. The van der Waals surface area contributed by atoms with Crippen LogP contribution in [0.3, 0.4) is 0 Å². The summed E-state index contributed by atoms with van der Waals surface area (Å²) >= 11 is 0. The monoisotopic (exact) mass is 406 g/mol. The van der Waals surface area contributed by atoms with E-state index in [1.165, 1.54) is 0 Å². The van der Waals surface area contributed by atoms with Crippen molar-refractivity contribution in [2.45, 2.75) is 0 Å². The molecule has 0 N–H and O–H groups in total. The Morgan fingerprint density at radius 2 is 0.917 bits per heavy atom. The molecule has 0 aliphatic heterocycles. The zero-order chi connectivity index (χ0) is 8.41. The molecule has 0 aliphatic carbocycles. The molecule has 0 radical (unpaired) electrons. The minimum Gasteiger partial charge on any atom is -0.724 e. The fourth-order valence-corrected chi connectivity index (χ4v) is 0.612. The van der Waals surface area contributed by atoms with Crippen molar-refractivity contribution in [3.8, 4) is 0 Å². The molecule has 12 heteroatoms. The summed E-state index contributed by atoms with van der Waals surface area (Å²) in [6, 6.07) is 0. The second-order valence-electron chi connectivity index (χ2n) is 0.953. The summed E-state index contributed by atoms with van der Waals surface area (Å²) in [5.41, 5.74) is 0. The van der Waals surface area contributed by atoms with Gasteiger partial charge in [-0.15, -0.1) is 8.67 Å². The van der Waals surface area contributed by atoms with Crippen LogP contribution in [-0.4, -0.2) is 25.9 Å². The largest absolute Gasteiger partial charge is 1.00 e. The first-order valence-electron chi connectivity index (χ1n) is 1.50. The van der Waals surface area contributed by atoms with Gasteiger partial charge in [0, 0.05) is 0 Å². The van der Waals surface area contributed by atoms with Gasteiger partial charge in [0.25, 0.3) is 0 Å². The van der Waals surface area contributed by atoms with E-state index in [1.807, 2.05) is 0 Å². The van der Waals surface area contributed by atoms with Gasteiger partial charge in [-0.2, -0.15) is 0 Å². The molecule has 0 aliphatic rings. The molecule has 0 fully saturated rings. The molecule has 8 nitrogen and oxygen atoms in total. The second kappa shape index (κ2) is 6.64. The minimum absolute atomic E-state index is 0. The summed E-state index contributed by atoms with van der Waals surface area (Å²) in [5, 5.41) is 0. The van der Waals surface area contributed by atoms with Crippen LogP contribution >= 0.6 is 0 Å². The van der Waals surface area contributed by atoms with Crippen LogP contribution in [0.1, 0.15) is 0 Å².